The topological polar surface area (TPSA) is 15.3 Å². The van der Waals surface area contributed by atoms with Gasteiger partial charge in [0, 0.05) is 18.6 Å². The second-order valence-corrected chi connectivity index (χ2v) is 5.92. The second-order valence-electron chi connectivity index (χ2n) is 5.92. The van der Waals surface area contributed by atoms with E-state index in [0.29, 0.717) is 12.1 Å². The Bertz CT molecular complexity index is 390. The fourth-order valence-electron chi connectivity index (χ4n) is 3.13. The zero-order valence-corrected chi connectivity index (χ0v) is 12.7. The molecule has 0 spiro atoms. The van der Waals surface area contributed by atoms with Gasteiger partial charge in [0.1, 0.15) is 5.82 Å². The summed E-state index contributed by atoms with van der Waals surface area (Å²) in [5.74, 6) is -0.162. The van der Waals surface area contributed by atoms with Gasteiger partial charge < -0.3 is 10.2 Å². The highest BCUT2D eigenvalue weighted by Gasteiger charge is 2.18. The lowest BCUT2D eigenvalue weighted by Crippen LogP contribution is -2.35. The molecule has 0 bridgehead atoms. The Morgan fingerprint density at radius 1 is 1.25 bits per heavy atom. The molecule has 0 amide bonds. The monoisotopic (exact) mass is 278 g/mol. The molecular weight excluding hydrogens is 251 g/mol. The van der Waals surface area contributed by atoms with Crippen LogP contribution in [0.1, 0.15) is 50.6 Å². The lowest BCUT2D eigenvalue weighted by atomic mass is 10.0. The molecule has 0 aromatic heterocycles. The average molecular weight is 278 g/mol. The zero-order chi connectivity index (χ0) is 14.4. The van der Waals surface area contributed by atoms with Crippen molar-refractivity contribution in [2.24, 2.45) is 0 Å². The molecule has 2 rings (SSSR count). The van der Waals surface area contributed by atoms with Crippen LogP contribution in [0.4, 0.5) is 4.39 Å². The summed E-state index contributed by atoms with van der Waals surface area (Å²) in [5.41, 5.74) is 1.18. The predicted molar refractivity (Wildman–Crippen MR) is 82.3 cm³/mol. The van der Waals surface area contributed by atoms with Gasteiger partial charge in [-0.1, -0.05) is 25.0 Å². The highest BCUT2D eigenvalue weighted by Crippen LogP contribution is 2.21. The Morgan fingerprint density at radius 3 is 2.70 bits per heavy atom. The molecule has 3 heteroatoms. The normalized spacial score (nSPS) is 22.4. The number of nitrogens with one attached hydrogen (secondary N) is 1. The Morgan fingerprint density at radius 2 is 2.00 bits per heavy atom. The summed E-state index contributed by atoms with van der Waals surface area (Å²) in [6.07, 6.45) is 6.46. The molecule has 0 radical (unpaired) electrons. The summed E-state index contributed by atoms with van der Waals surface area (Å²) < 4.78 is 13.0. The molecule has 112 valence electrons. The molecule has 1 aliphatic rings. The van der Waals surface area contributed by atoms with Crippen LogP contribution in [0.15, 0.2) is 24.3 Å². The van der Waals surface area contributed by atoms with Gasteiger partial charge in [0.15, 0.2) is 0 Å². The van der Waals surface area contributed by atoms with E-state index in [1.807, 2.05) is 19.2 Å². The zero-order valence-electron chi connectivity index (χ0n) is 12.7. The van der Waals surface area contributed by atoms with Crippen molar-refractivity contribution in [1.29, 1.82) is 0 Å². The molecule has 1 heterocycles. The van der Waals surface area contributed by atoms with E-state index in [-0.39, 0.29) is 5.82 Å². The number of hydrogen-bond acceptors (Lipinski definition) is 2. The van der Waals surface area contributed by atoms with E-state index in [2.05, 4.69) is 17.1 Å². The standard InChI is InChI=1S/C17H27FN2/c1-14-6-4-3-5-12-20(14)13-11-17(19-2)15-7-9-16(18)10-8-15/h7-10,14,17,19H,3-6,11-13H2,1-2H3. The Labute approximate surface area is 122 Å². The molecular formula is C17H27FN2. The van der Waals surface area contributed by atoms with Crippen molar-refractivity contribution in [3.8, 4) is 0 Å². The van der Waals surface area contributed by atoms with E-state index in [9.17, 15) is 4.39 Å². The van der Waals surface area contributed by atoms with E-state index in [1.165, 1.54) is 37.8 Å². The number of nitrogens with zero attached hydrogens (tertiary/aromatic N) is 1. The van der Waals surface area contributed by atoms with Gasteiger partial charge >= 0.3 is 0 Å². The molecule has 0 aliphatic carbocycles. The van der Waals surface area contributed by atoms with E-state index < -0.39 is 0 Å². The van der Waals surface area contributed by atoms with Crippen LogP contribution in [0.3, 0.4) is 0 Å². The maximum atomic E-state index is 13.0. The van der Waals surface area contributed by atoms with Gasteiger partial charge in [0.25, 0.3) is 0 Å². The fourth-order valence-corrected chi connectivity index (χ4v) is 3.13. The van der Waals surface area contributed by atoms with Crippen LogP contribution in [-0.4, -0.2) is 31.1 Å². The highest BCUT2D eigenvalue weighted by molar-refractivity contribution is 5.19. The molecule has 2 unspecified atom stereocenters. The summed E-state index contributed by atoms with van der Waals surface area (Å²) in [5, 5.41) is 3.36. The molecule has 1 aromatic rings. The number of hydrogen-bond donors (Lipinski definition) is 1. The van der Waals surface area contributed by atoms with Crippen LogP contribution >= 0.6 is 0 Å². The largest absolute Gasteiger partial charge is 0.313 e. The van der Waals surface area contributed by atoms with Crippen molar-refractivity contribution in [3.63, 3.8) is 0 Å². The first kappa shape index (κ1) is 15.5. The molecule has 1 aliphatic heterocycles. The first-order chi connectivity index (χ1) is 9.70. The summed E-state index contributed by atoms with van der Waals surface area (Å²) in [6.45, 7) is 4.68. The van der Waals surface area contributed by atoms with Crippen LogP contribution in [0.2, 0.25) is 0 Å². The van der Waals surface area contributed by atoms with Crippen molar-refractivity contribution in [2.45, 2.75) is 51.1 Å². The third-order valence-electron chi connectivity index (χ3n) is 4.52. The lowest BCUT2D eigenvalue weighted by molar-refractivity contribution is 0.203. The first-order valence-corrected chi connectivity index (χ1v) is 7.87. The Hall–Kier alpha value is -0.930. The van der Waals surface area contributed by atoms with Crippen LogP contribution in [0, 0.1) is 5.82 Å². The second kappa shape index (κ2) is 7.75. The van der Waals surface area contributed by atoms with Gasteiger partial charge in [-0.2, -0.15) is 0 Å². The van der Waals surface area contributed by atoms with E-state index in [1.54, 1.807) is 12.1 Å². The number of rotatable bonds is 5. The SMILES string of the molecule is CNC(CCN1CCCCCC1C)c1ccc(F)cc1. The van der Waals surface area contributed by atoms with Crippen molar-refractivity contribution < 1.29 is 4.39 Å². The number of halogens is 1. The van der Waals surface area contributed by atoms with Crippen molar-refractivity contribution >= 4 is 0 Å². The maximum Gasteiger partial charge on any atom is 0.123 e. The van der Waals surface area contributed by atoms with Gasteiger partial charge in [0.05, 0.1) is 0 Å². The summed E-state index contributed by atoms with van der Waals surface area (Å²) in [4.78, 5) is 2.61. The predicted octanol–water partition coefficient (Wildman–Crippen LogP) is 3.74. The number of benzene rings is 1. The van der Waals surface area contributed by atoms with Crippen LogP contribution < -0.4 is 5.32 Å². The molecule has 2 nitrogen and oxygen atoms in total. The molecule has 2 atom stereocenters. The molecule has 1 saturated heterocycles. The van der Waals surface area contributed by atoms with E-state index in [4.69, 9.17) is 0 Å². The van der Waals surface area contributed by atoms with Crippen molar-refractivity contribution in [2.75, 3.05) is 20.1 Å². The quantitative estimate of drug-likeness (QED) is 0.882. The van der Waals surface area contributed by atoms with Crippen LogP contribution in [0.25, 0.3) is 0 Å². The third-order valence-corrected chi connectivity index (χ3v) is 4.52. The summed E-state index contributed by atoms with van der Waals surface area (Å²) in [7, 11) is 1.99. The van der Waals surface area contributed by atoms with E-state index >= 15 is 0 Å². The molecule has 0 saturated carbocycles. The minimum Gasteiger partial charge on any atom is -0.313 e. The van der Waals surface area contributed by atoms with Gasteiger partial charge in [0.2, 0.25) is 0 Å². The third kappa shape index (κ3) is 4.29. The summed E-state index contributed by atoms with van der Waals surface area (Å²) in [6, 6.07) is 7.89. The molecule has 1 aromatic carbocycles. The van der Waals surface area contributed by atoms with E-state index in [0.717, 1.165) is 13.0 Å². The van der Waals surface area contributed by atoms with Gasteiger partial charge in [-0.25, -0.2) is 4.39 Å². The number of likely N-dealkylation sites (tertiary alicyclic amines) is 1. The Kier molecular flexibility index (Phi) is 5.99. The average Bonchev–Trinajstić information content (AvgIpc) is 2.66. The smallest absolute Gasteiger partial charge is 0.123 e. The minimum atomic E-state index is -0.162. The van der Waals surface area contributed by atoms with Crippen molar-refractivity contribution in [1.82, 2.24) is 10.2 Å². The lowest BCUT2D eigenvalue weighted by Gasteiger charge is -2.29. The van der Waals surface area contributed by atoms with Gasteiger partial charge in [-0.3, -0.25) is 0 Å². The van der Waals surface area contributed by atoms with Gasteiger partial charge in [-0.05, 0) is 57.5 Å². The van der Waals surface area contributed by atoms with Crippen LogP contribution in [0.5, 0.6) is 0 Å². The molecule has 20 heavy (non-hydrogen) atoms. The summed E-state index contributed by atoms with van der Waals surface area (Å²) >= 11 is 0. The molecule has 1 fully saturated rings. The maximum absolute atomic E-state index is 13.0. The highest BCUT2D eigenvalue weighted by atomic mass is 19.1. The minimum absolute atomic E-state index is 0.162. The first-order valence-electron chi connectivity index (χ1n) is 7.87. The fraction of sp³-hybridized carbons (Fsp3) is 0.647. The Balaban J connectivity index is 1.91. The van der Waals surface area contributed by atoms with Crippen molar-refractivity contribution in [3.05, 3.63) is 35.6 Å². The van der Waals surface area contributed by atoms with Crippen LogP contribution in [-0.2, 0) is 0 Å². The van der Waals surface area contributed by atoms with Gasteiger partial charge in [-0.15, -0.1) is 0 Å². The molecule has 1 N–H and O–H groups in total.